The molecule has 0 saturated carbocycles. The summed E-state index contributed by atoms with van der Waals surface area (Å²) >= 11 is 0. The van der Waals surface area contributed by atoms with Gasteiger partial charge in [0.1, 0.15) is 5.58 Å². The lowest BCUT2D eigenvalue weighted by atomic mass is 9.86. The number of fused-ring (bicyclic) bond motifs is 1. The highest BCUT2D eigenvalue weighted by Crippen LogP contribution is 2.41. The van der Waals surface area contributed by atoms with Crippen LogP contribution in [-0.4, -0.2) is 14.0 Å². The van der Waals surface area contributed by atoms with E-state index in [-0.39, 0.29) is 5.41 Å². The maximum absolute atomic E-state index is 6.08. The van der Waals surface area contributed by atoms with Gasteiger partial charge in [0.15, 0.2) is 0 Å². The van der Waals surface area contributed by atoms with Crippen LogP contribution in [0.15, 0.2) is 47.1 Å². The summed E-state index contributed by atoms with van der Waals surface area (Å²) in [6, 6.07) is 10.4. The second-order valence-corrected chi connectivity index (χ2v) is 9.00. The summed E-state index contributed by atoms with van der Waals surface area (Å²) in [4.78, 5) is 4.24. The zero-order chi connectivity index (χ0) is 16.6. The predicted molar refractivity (Wildman–Crippen MR) is 96.3 cm³/mol. The zero-order valence-corrected chi connectivity index (χ0v) is 15.3. The fourth-order valence-electron chi connectivity index (χ4n) is 2.58. The Kier molecular flexibility index (Phi) is 4.02. The molecular formula is C19H22NO2Si. The fourth-order valence-corrected chi connectivity index (χ4v) is 3.10. The molecule has 0 spiro atoms. The Balaban J connectivity index is 2.23. The highest BCUT2D eigenvalue weighted by atomic mass is 28.3. The number of benzene rings is 1. The van der Waals surface area contributed by atoms with Crippen molar-refractivity contribution in [3.63, 3.8) is 0 Å². The van der Waals surface area contributed by atoms with Crippen LogP contribution in [0.25, 0.3) is 22.1 Å². The molecule has 0 aliphatic rings. The Morgan fingerprint density at radius 3 is 2.52 bits per heavy atom. The monoisotopic (exact) mass is 324 g/mol. The Morgan fingerprint density at radius 1 is 1.13 bits per heavy atom. The molecule has 2 aromatic heterocycles. The fraction of sp³-hybridized carbons (Fsp3) is 0.316. The topological polar surface area (TPSA) is 35.3 Å². The van der Waals surface area contributed by atoms with Gasteiger partial charge in [-0.2, -0.15) is 0 Å². The molecule has 3 rings (SSSR count). The Hall–Kier alpha value is -2.07. The highest BCUT2D eigenvalue weighted by Gasteiger charge is 2.21. The quantitative estimate of drug-likeness (QED) is 0.603. The van der Waals surface area contributed by atoms with Gasteiger partial charge < -0.3 is 8.84 Å². The van der Waals surface area contributed by atoms with E-state index in [1.165, 1.54) is 5.56 Å². The third-order valence-corrected chi connectivity index (χ3v) is 4.36. The first-order chi connectivity index (χ1) is 10.9. The van der Waals surface area contributed by atoms with Crippen LogP contribution in [0.3, 0.4) is 0 Å². The van der Waals surface area contributed by atoms with E-state index in [1.54, 1.807) is 6.20 Å². The van der Waals surface area contributed by atoms with Crippen LogP contribution in [0.5, 0.6) is 5.95 Å². The number of pyridine rings is 1. The summed E-state index contributed by atoms with van der Waals surface area (Å²) in [6.07, 6.45) is 3.63. The second kappa shape index (κ2) is 5.85. The van der Waals surface area contributed by atoms with Gasteiger partial charge >= 0.3 is 0 Å². The van der Waals surface area contributed by atoms with Crippen LogP contribution in [0.4, 0.5) is 0 Å². The normalized spacial score (nSPS) is 12.1. The van der Waals surface area contributed by atoms with Crippen molar-refractivity contribution in [3.05, 3.63) is 48.3 Å². The third kappa shape index (κ3) is 3.17. The molecule has 1 aromatic carbocycles. The van der Waals surface area contributed by atoms with Gasteiger partial charge in [0.25, 0.3) is 15.0 Å². The van der Waals surface area contributed by atoms with Gasteiger partial charge in [-0.25, -0.2) is 0 Å². The van der Waals surface area contributed by atoms with Crippen molar-refractivity contribution in [1.82, 2.24) is 4.98 Å². The standard InChI is InChI=1S/C19H22NO2Si/c1-19(2,3)14-8-9-15-16(11-14)21-18(22-23(4)5)17(15)13-7-6-10-20-12-13/h6-12H,1-5H3. The van der Waals surface area contributed by atoms with Gasteiger partial charge in [0.2, 0.25) is 0 Å². The molecule has 0 aliphatic carbocycles. The molecule has 0 amide bonds. The van der Waals surface area contributed by atoms with Gasteiger partial charge in [-0.1, -0.05) is 39.0 Å². The van der Waals surface area contributed by atoms with E-state index >= 15 is 0 Å². The molecular weight excluding hydrogens is 302 g/mol. The molecule has 23 heavy (non-hydrogen) atoms. The predicted octanol–water partition coefficient (Wildman–Crippen LogP) is 5.42. The van der Waals surface area contributed by atoms with Crippen LogP contribution >= 0.6 is 0 Å². The summed E-state index contributed by atoms with van der Waals surface area (Å²) in [7, 11) is -0.915. The van der Waals surface area contributed by atoms with E-state index in [0.29, 0.717) is 5.95 Å². The molecule has 3 aromatic rings. The number of hydrogen-bond donors (Lipinski definition) is 0. The molecule has 0 saturated heterocycles. The van der Waals surface area contributed by atoms with Gasteiger partial charge in [-0.05, 0) is 36.2 Å². The van der Waals surface area contributed by atoms with E-state index in [1.807, 2.05) is 18.3 Å². The maximum Gasteiger partial charge on any atom is 0.279 e. The Morgan fingerprint density at radius 2 is 1.91 bits per heavy atom. The van der Waals surface area contributed by atoms with Crippen LogP contribution in [0.2, 0.25) is 13.1 Å². The molecule has 0 fully saturated rings. The molecule has 3 nitrogen and oxygen atoms in total. The van der Waals surface area contributed by atoms with E-state index in [2.05, 4.69) is 57.0 Å². The van der Waals surface area contributed by atoms with Crippen molar-refractivity contribution in [2.75, 3.05) is 0 Å². The van der Waals surface area contributed by atoms with E-state index in [0.717, 1.165) is 22.1 Å². The second-order valence-electron chi connectivity index (χ2n) is 6.98. The summed E-state index contributed by atoms with van der Waals surface area (Å²) in [5.41, 5.74) is 4.23. The summed E-state index contributed by atoms with van der Waals surface area (Å²) in [6.45, 7) is 10.8. The van der Waals surface area contributed by atoms with Crippen molar-refractivity contribution in [2.45, 2.75) is 39.3 Å². The zero-order valence-electron chi connectivity index (χ0n) is 14.3. The first-order valence-electron chi connectivity index (χ1n) is 7.81. The van der Waals surface area contributed by atoms with Crippen LogP contribution in [-0.2, 0) is 5.41 Å². The first-order valence-corrected chi connectivity index (χ1v) is 10.2. The molecule has 0 bridgehead atoms. The van der Waals surface area contributed by atoms with Gasteiger partial charge in [0, 0.05) is 23.3 Å². The molecule has 0 aliphatic heterocycles. The minimum absolute atomic E-state index is 0.0843. The lowest BCUT2D eigenvalue weighted by Crippen LogP contribution is -2.11. The first kappa shape index (κ1) is 15.8. The third-order valence-electron chi connectivity index (χ3n) is 3.77. The number of nitrogens with zero attached hydrogens (tertiary/aromatic N) is 1. The molecule has 119 valence electrons. The number of hydrogen-bond acceptors (Lipinski definition) is 3. The van der Waals surface area contributed by atoms with Gasteiger partial charge in [-0.15, -0.1) is 0 Å². The average molecular weight is 324 g/mol. The minimum Gasteiger partial charge on any atom is -0.517 e. The van der Waals surface area contributed by atoms with Crippen molar-refractivity contribution in [3.8, 4) is 17.1 Å². The van der Waals surface area contributed by atoms with Crippen LogP contribution < -0.4 is 4.43 Å². The van der Waals surface area contributed by atoms with Crippen molar-refractivity contribution in [1.29, 1.82) is 0 Å². The summed E-state index contributed by atoms with van der Waals surface area (Å²) in [5.74, 6) is 0.609. The highest BCUT2D eigenvalue weighted by molar-refractivity contribution is 6.49. The lowest BCUT2D eigenvalue weighted by molar-refractivity contribution is 0.416. The van der Waals surface area contributed by atoms with Crippen molar-refractivity contribution >= 4 is 20.0 Å². The Labute approximate surface area is 139 Å². The summed E-state index contributed by atoms with van der Waals surface area (Å²) < 4.78 is 12.1. The van der Waals surface area contributed by atoms with Crippen molar-refractivity contribution in [2.24, 2.45) is 0 Å². The van der Waals surface area contributed by atoms with Crippen LogP contribution in [0.1, 0.15) is 26.3 Å². The van der Waals surface area contributed by atoms with E-state index in [9.17, 15) is 0 Å². The number of aromatic nitrogens is 1. The number of furan rings is 1. The average Bonchev–Trinajstić information content (AvgIpc) is 2.83. The molecule has 0 atom stereocenters. The minimum atomic E-state index is -0.915. The maximum atomic E-state index is 6.08. The molecule has 1 radical (unpaired) electrons. The smallest absolute Gasteiger partial charge is 0.279 e. The van der Waals surface area contributed by atoms with Crippen molar-refractivity contribution < 1.29 is 8.84 Å². The molecule has 0 unspecified atom stereocenters. The van der Waals surface area contributed by atoms with Crippen LogP contribution in [0, 0.1) is 0 Å². The number of rotatable bonds is 3. The largest absolute Gasteiger partial charge is 0.517 e. The molecule has 2 heterocycles. The molecule has 0 N–H and O–H groups in total. The lowest BCUT2D eigenvalue weighted by Gasteiger charge is -2.18. The Bertz CT molecular complexity index is 816. The van der Waals surface area contributed by atoms with Gasteiger partial charge in [-0.3, -0.25) is 4.98 Å². The summed E-state index contributed by atoms with van der Waals surface area (Å²) in [5, 5.41) is 1.07. The van der Waals surface area contributed by atoms with Gasteiger partial charge in [0.05, 0.1) is 5.56 Å². The molecule has 4 heteroatoms. The van der Waals surface area contributed by atoms with E-state index < -0.39 is 9.04 Å². The SMILES string of the molecule is C[Si](C)Oc1oc2cc(C(C)(C)C)ccc2c1-c1cccnc1. The van der Waals surface area contributed by atoms with E-state index in [4.69, 9.17) is 8.84 Å².